The van der Waals surface area contributed by atoms with Crippen LogP contribution in [-0.4, -0.2) is 18.2 Å². The number of allylic oxidation sites excluding steroid dienone is 2. The second kappa shape index (κ2) is 3.97. The third kappa shape index (κ3) is 2.34. The van der Waals surface area contributed by atoms with Crippen molar-refractivity contribution in [2.75, 3.05) is 7.05 Å². The first-order valence-corrected chi connectivity index (χ1v) is 4.79. The molecule has 0 N–H and O–H groups in total. The fraction of sp³-hybridized carbons (Fsp3) is 0.636. The van der Waals surface area contributed by atoms with Crippen molar-refractivity contribution in [2.24, 2.45) is 5.92 Å². The second-order valence-corrected chi connectivity index (χ2v) is 3.95. The van der Waals surface area contributed by atoms with Gasteiger partial charge in [0.25, 0.3) is 0 Å². The van der Waals surface area contributed by atoms with Gasteiger partial charge in [-0.15, -0.1) is 5.06 Å². The van der Waals surface area contributed by atoms with E-state index in [2.05, 4.69) is 32.9 Å². The molecule has 1 unspecified atom stereocenters. The zero-order chi connectivity index (χ0) is 10.0. The average molecular weight is 181 g/mol. The predicted octanol–water partition coefficient (Wildman–Crippen LogP) is 2.74. The third-order valence-electron chi connectivity index (χ3n) is 2.35. The van der Waals surface area contributed by atoms with Crippen molar-refractivity contribution in [1.82, 2.24) is 5.06 Å². The number of hydrogen-bond acceptors (Lipinski definition) is 2. The molecule has 0 amide bonds. The lowest BCUT2D eigenvalue weighted by atomic mass is 10.1. The molecule has 0 aromatic carbocycles. The topological polar surface area (TPSA) is 12.5 Å². The fourth-order valence-corrected chi connectivity index (χ4v) is 1.42. The maximum absolute atomic E-state index is 5.48. The Kier molecular flexibility index (Phi) is 3.15. The molecule has 0 saturated carbocycles. The molecule has 2 heteroatoms. The Labute approximate surface area is 80.8 Å². The van der Waals surface area contributed by atoms with E-state index in [0.29, 0.717) is 12.0 Å². The summed E-state index contributed by atoms with van der Waals surface area (Å²) in [5.41, 5.74) is 1.31. The van der Waals surface area contributed by atoms with Crippen LogP contribution in [0.5, 0.6) is 0 Å². The first kappa shape index (κ1) is 10.3. The van der Waals surface area contributed by atoms with Gasteiger partial charge in [0, 0.05) is 7.05 Å². The maximum Gasteiger partial charge on any atom is 0.122 e. The number of hydrogen-bond donors (Lipinski definition) is 0. The average Bonchev–Trinajstić information content (AvgIpc) is 2.24. The minimum Gasteiger partial charge on any atom is -0.410 e. The molecule has 0 spiro atoms. The molecule has 1 aliphatic rings. The van der Waals surface area contributed by atoms with Gasteiger partial charge in [-0.2, -0.15) is 0 Å². The molecule has 2 nitrogen and oxygen atoms in total. The zero-order valence-electron chi connectivity index (χ0n) is 9.16. The maximum atomic E-state index is 5.48. The SMILES string of the molecule is CC1=C(C)C(/C=C/C(C)C)N(C)O1. The molecule has 74 valence electrons. The molecule has 0 radical (unpaired) electrons. The van der Waals surface area contributed by atoms with Gasteiger partial charge in [-0.1, -0.05) is 26.0 Å². The monoisotopic (exact) mass is 181 g/mol. The van der Waals surface area contributed by atoms with Crippen LogP contribution < -0.4 is 0 Å². The summed E-state index contributed by atoms with van der Waals surface area (Å²) in [4.78, 5) is 5.48. The van der Waals surface area contributed by atoms with Gasteiger partial charge in [0.1, 0.15) is 5.76 Å². The van der Waals surface area contributed by atoms with Crippen LogP contribution in [-0.2, 0) is 4.84 Å². The lowest BCUT2D eigenvalue weighted by Crippen LogP contribution is -2.24. The second-order valence-electron chi connectivity index (χ2n) is 3.95. The molecule has 0 bridgehead atoms. The highest BCUT2D eigenvalue weighted by atomic mass is 16.7. The van der Waals surface area contributed by atoms with Gasteiger partial charge in [-0.05, 0) is 25.3 Å². The van der Waals surface area contributed by atoms with Gasteiger partial charge >= 0.3 is 0 Å². The van der Waals surface area contributed by atoms with E-state index in [1.807, 2.05) is 19.0 Å². The van der Waals surface area contributed by atoms with Gasteiger partial charge in [-0.25, -0.2) is 0 Å². The van der Waals surface area contributed by atoms with Crippen molar-refractivity contribution in [3.63, 3.8) is 0 Å². The fourth-order valence-electron chi connectivity index (χ4n) is 1.42. The number of nitrogens with zero attached hydrogens (tertiary/aromatic N) is 1. The molecule has 0 saturated heterocycles. The summed E-state index contributed by atoms with van der Waals surface area (Å²) >= 11 is 0. The van der Waals surface area contributed by atoms with Crippen LogP contribution in [0.15, 0.2) is 23.5 Å². The van der Waals surface area contributed by atoms with Crippen LogP contribution in [0.4, 0.5) is 0 Å². The van der Waals surface area contributed by atoms with E-state index < -0.39 is 0 Å². The van der Waals surface area contributed by atoms with Crippen molar-refractivity contribution >= 4 is 0 Å². The normalized spacial score (nSPS) is 24.9. The van der Waals surface area contributed by atoms with E-state index in [1.165, 1.54) is 5.57 Å². The molecule has 0 aromatic heterocycles. The third-order valence-corrected chi connectivity index (χ3v) is 2.35. The van der Waals surface area contributed by atoms with E-state index in [4.69, 9.17) is 4.84 Å². The van der Waals surface area contributed by atoms with Gasteiger partial charge in [0.05, 0.1) is 6.04 Å². The van der Waals surface area contributed by atoms with Gasteiger partial charge in [0.2, 0.25) is 0 Å². The number of hydroxylamine groups is 2. The largest absolute Gasteiger partial charge is 0.410 e. The molecule has 0 fully saturated rings. The lowest BCUT2D eigenvalue weighted by Gasteiger charge is -2.15. The van der Waals surface area contributed by atoms with Gasteiger partial charge in [0.15, 0.2) is 0 Å². The zero-order valence-corrected chi connectivity index (χ0v) is 9.16. The van der Waals surface area contributed by atoms with Crippen molar-refractivity contribution in [1.29, 1.82) is 0 Å². The highest BCUT2D eigenvalue weighted by Crippen LogP contribution is 2.24. The van der Waals surface area contributed by atoms with Crippen LogP contribution in [0.1, 0.15) is 27.7 Å². The molecule has 0 aromatic rings. The minimum absolute atomic E-state index is 0.322. The van der Waals surface area contributed by atoms with E-state index in [-0.39, 0.29) is 0 Å². The van der Waals surface area contributed by atoms with Crippen LogP contribution >= 0.6 is 0 Å². The summed E-state index contributed by atoms with van der Waals surface area (Å²) in [5.74, 6) is 1.63. The summed E-state index contributed by atoms with van der Waals surface area (Å²) in [6.07, 6.45) is 4.42. The van der Waals surface area contributed by atoms with Crippen molar-refractivity contribution < 1.29 is 4.84 Å². The summed E-state index contributed by atoms with van der Waals surface area (Å²) < 4.78 is 0. The Bertz CT molecular complexity index is 240. The molecule has 1 atom stereocenters. The molecule has 0 aliphatic carbocycles. The summed E-state index contributed by atoms with van der Waals surface area (Å²) in [7, 11) is 1.97. The molecular formula is C11H19NO. The van der Waals surface area contributed by atoms with Crippen molar-refractivity contribution in [3.8, 4) is 0 Å². The molecule has 1 rings (SSSR count). The summed E-state index contributed by atoms with van der Waals surface area (Å²) in [6.45, 7) is 8.49. The van der Waals surface area contributed by atoms with Crippen molar-refractivity contribution in [3.05, 3.63) is 23.5 Å². The van der Waals surface area contributed by atoms with Gasteiger partial charge < -0.3 is 4.84 Å². The van der Waals surface area contributed by atoms with E-state index in [1.54, 1.807) is 0 Å². The minimum atomic E-state index is 0.322. The molecular weight excluding hydrogens is 162 g/mol. The Morgan fingerprint density at radius 1 is 1.38 bits per heavy atom. The quantitative estimate of drug-likeness (QED) is 0.607. The lowest BCUT2D eigenvalue weighted by molar-refractivity contribution is -0.0829. The standard InChI is InChI=1S/C11H19NO/c1-8(2)6-7-11-9(3)10(4)13-12(11)5/h6-8,11H,1-5H3/b7-6+. The van der Waals surface area contributed by atoms with E-state index in [0.717, 1.165) is 5.76 Å². The Balaban J connectivity index is 2.69. The van der Waals surface area contributed by atoms with Crippen molar-refractivity contribution in [2.45, 2.75) is 33.7 Å². The van der Waals surface area contributed by atoms with Crippen LogP contribution in [0.25, 0.3) is 0 Å². The van der Waals surface area contributed by atoms with Crippen LogP contribution in [0.3, 0.4) is 0 Å². The Morgan fingerprint density at radius 2 is 2.00 bits per heavy atom. The van der Waals surface area contributed by atoms with Crippen LogP contribution in [0, 0.1) is 5.92 Å². The van der Waals surface area contributed by atoms with E-state index in [9.17, 15) is 0 Å². The smallest absolute Gasteiger partial charge is 0.122 e. The first-order valence-electron chi connectivity index (χ1n) is 4.79. The highest BCUT2D eigenvalue weighted by molar-refractivity contribution is 5.21. The van der Waals surface area contributed by atoms with E-state index >= 15 is 0 Å². The predicted molar refractivity (Wildman–Crippen MR) is 55.0 cm³/mol. The Hall–Kier alpha value is -0.760. The highest BCUT2D eigenvalue weighted by Gasteiger charge is 2.24. The molecule has 1 aliphatic heterocycles. The molecule has 13 heavy (non-hydrogen) atoms. The number of rotatable bonds is 2. The first-order chi connectivity index (χ1) is 6.02. The van der Waals surface area contributed by atoms with Crippen LogP contribution in [0.2, 0.25) is 0 Å². The van der Waals surface area contributed by atoms with Gasteiger partial charge in [-0.3, -0.25) is 0 Å². The summed E-state index contributed by atoms with van der Waals surface area (Å²) in [6, 6.07) is 0.322. The summed E-state index contributed by atoms with van der Waals surface area (Å²) in [5, 5.41) is 1.89. The molecule has 1 heterocycles. The number of likely N-dealkylation sites (N-methyl/N-ethyl adjacent to an activating group) is 1. The Morgan fingerprint density at radius 3 is 2.38 bits per heavy atom.